The van der Waals surface area contributed by atoms with E-state index in [-0.39, 0.29) is 5.91 Å². The van der Waals surface area contributed by atoms with Gasteiger partial charge >= 0.3 is 0 Å². The van der Waals surface area contributed by atoms with Gasteiger partial charge in [0.1, 0.15) is 0 Å². The minimum Gasteiger partial charge on any atom is -0.863 e. The maximum Gasteiger partial charge on any atom is 0.283 e. The van der Waals surface area contributed by atoms with E-state index >= 15 is 0 Å². The van der Waals surface area contributed by atoms with Crippen molar-refractivity contribution in [2.24, 2.45) is 0 Å². The highest BCUT2D eigenvalue weighted by Gasteiger charge is 2.24. The summed E-state index contributed by atoms with van der Waals surface area (Å²) in [5, 5.41) is 45.2. The van der Waals surface area contributed by atoms with E-state index in [1.165, 1.54) is 0 Å². The highest BCUT2D eigenvalue weighted by atomic mass is 32.1. The molecule has 0 N–H and O–H groups in total. The molecule has 2 rings (SSSR count). The molecule has 0 aliphatic rings. The first-order valence-corrected chi connectivity index (χ1v) is 10.1. The quantitative estimate of drug-likeness (QED) is 0.416. The van der Waals surface area contributed by atoms with Crippen LogP contribution in [0.25, 0.3) is 0 Å². The van der Waals surface area contributed by atoms with Gasteiger partial charge in [0, 0.05) is 19.0 Å². The zero-order valence-electron chi connectivity index (χ0n) is 17.8. The number of nitrogens with zero attached hydrogens (tertiary/aromatic N) is 5. The molecule has 14 heteroatoms. The topological polar surface area (TPSA) is 176 Å². The monoisotopic (exact) mass is 468 g/mol. The van der Waals surface area contributed by atoms with Crippen LogP contribution in [0.3, 0.4) is 0 Å². The molecule has 2 aromatic rings. The zero-order chi connectivity index (χ0) is 24.6. The Morgan fingerprint density at radius 3 is 1.94 bits per heavy atom. The average molecular weight is 468 g/mol. The van der Waals surface area contributed by atoms with Gasteiger partial charge in [0.2, 0.25) is 5.91 Å². The molecule has 1 amide bonds. The van der Waals surface area contributed by atoms with Crippen molar-refractivity contribution < 1.29 is 24.7 Å². The minimum atomic E-state index is -1.46. The Morgan fingerprint density at radius 1 is 1.06 bits per heavy atom. The number of benzene rings is 1. The summed E-state index contributed by atoms with van der Waals surface area (Å²) >= 11 is 1.62. The van der Waals surface area contributed by atoms with Crippen molar-refractivity contribution >= 4 is 39.3 Å². The number of hydrogen-bond acceptors (Lipinski definition) is 10. The predicted molar refractivity (Wildman–Crippen MR) is 116 cm³/mol. The largest absolute Gasteiger partial charge is 0.863 e. The Hall–Kier alpha value is -3.65. The molecule has 0 spiro atoms. The number of thiophene rings is 1. The SMILES string of the molecule is CCC(=O)N(CC(C)N(C)C)c1cccs1.O=[N+]([O-])c1cc([N+](=O)[O-])c([O-])c([N+](=O)[O-])c1. The normalized spacial score (nSPS) is 11.3. The number of rotatable bonds is 8. The van der Waals surface area contributed by atoms with E-state index in [0.717, 1.165) is 11.5 Å². The molecule has 0 fully saturated rings. The number of hydrogen-bond donors (Lipinski definition) is 0. The van der Waals surface area contributed by atoms with Crippen LogP contribution in [-0.4, -0.2) is 52.3 Å². The lowest BCUT2D eigenvalue weighted by Gasteiger charge is -2.28. The van der Waals surface area contributed by atoms with Crippen molar-refractivity contribution in [1.29, 1.82) is 0 Å². The van der Waals surface area contributed by atoms with Crippen LogP contribution in [0.15, 0.2) is 29.6 Å². The summed E-state index contributed by atoms with van der Waals surface area (Å²) < 4.78 is 0. The van der Waals surface area contributed by atoms with Crippen molar-refractivity contribution in [2.75, 3.05) is 25.5 Å². The smallest absolute Gasteiger partial charge is 0.283 e. The zero-order valence-corrected chi connectivity index (χ0v) is 18.6. The standard InChI is InChI=1S/C12H20N2OS.C6H3N3O7/c1-5-11(15)14(9-10(2)13(3)4)12-7-6-8-16-12;10-6-4(8(13)14)1-3(7(11)12)2-5(6)9(15)16/h6-8,10H,5,9H2,1-4H3;1-2,10H/p-1. The third-order valence-electron chi connectivity index (χ3n) is 4.34. The molecule has 1 atom stereocenters. The summed E-state index contributed by atoms with van der Waals surface area (Å²) in [5.74, 6) is -1.27. The Morgan fingerprint density at radius 2 is 1.59 bits per heavy atom. The second kappa shape index (κ2) is 11.7. The van der Waals surface area contributed by atoms with Crippen molar-refractivity contribution in [2.45, 2.75) is 26.3 Å². The van der Waals surface area contributed by atoms with Gasteiger partial charge in [0.15, 0.2) is 0 Å². The van der Waals surface area contributed by atoms with Crippen LogP contribution in [-0.2, 0) is 4.79 Å². The second-order valence-electron chi connectivity index (χ2n) is 6.71. The molecule has 0 radical (unpaired) electrons. The van der Waals surface area contributed by atoms with E-state index < -0.39 is 37.6 Å². The molecule has 0 bridgehead atoms. The van der Waals surface area contributed by atoms with Gasteiger partial charge in [0.05, 0.1) is 37.7 Å². The maximum atomic E-state index is 11.9. The van der Waals surface area contributed by atoms with Gasteiger partial charge in [-0.3, -0.25) is 35.1 Å². The van der Waals surface area contributed by atoms with Crippen LogP contribution >= 0.6 is 11.3 Å². The van der Waals surface area contributed by atoms with E-state index in [2.05, 4.69) is 11.8 Å². The first-order chi connectivity index (χ1) is 14.9. The minimum absolute atomic E-state index is 0.191. The molecule has 0 aliphatic heterocycles. The molecule has 13 nitrogen and oxygen atoms in total. The van der Waals surface area contributed by atoms with Crippen LogP contribution < -0.4 is 10.0 Å². The molecule has 0 saturated carbocycles. The van der Waals surface area contributed by atoms with Crippen molar-refractivity contribution in [3.8, 4) is 5.75 Å². The summed E-state index contributed by atoms with van der Waals surface area (Å²) in [6, 6.07) is 5.11. The van der Waals surface area contributed by atoms with Gasteiger partial charge in [-0.05, 0) is 38.5 Å². The number of amides is 1. The molecular weight excluding hydrogens is 446 g/mol. The first-order valence-electron chi connectivity index (χ1n) is 9.19. The molecule has 1 aromatic heterocycles. The summed E-state index contributed by atoms with van der Waals surface area (Å²) in [6.45, 7) is 4.78. The molecule has 1 unspecified atom stereocenters. The van der Waals surface area contributed by atoms with Crippen LogP contribution in [0.1, 0.15) is 20.3 Å². The van der Waals surface area contributed by atoms with Gasteiger partial charge in [-0.25, -0.2) is 0 Å². The fourth-order valence-electron chi connectivity index (χ4n) is 2.32. The molecule has 1 aromatic carbocycles. The fourth-order valence-corrected chi connectivity index (χ4v) is 3.07. The number of carbonyl (C=O) groups is 1. The number of anilines is 1. The van der Waals surface area contributed by atoms with Gasteiger partial charge in [-0.1, -0.05) is 6.92 Å². The molecule has 174 valence electrons. The highest BCUT2D eigenvalue weighted by Crippen LogP contribution is 2.36. The molecule has 1 heterocycles. The van der Waals surface area contributed by atoms with Gasteiger partial charge in [-0.15, -0.1) is 11.3 Å². The number of non-ortho nitro benzene ring substituents is 1. The number of nitro groups is 3. The number of likely N-dealkylation sites (N-methyl/N-ethyl adjacent to an activating group) is 1. The van der Waals surface area contributed by atoms with Gasteiger partial charge in [-0.2, -0.15) is 0 Å². The predicted octanol–water partition coefficient (Wildman–Crippen LogP) is 2.93. The summed E-state index contributed by atoms with van der Waals surface area (Å²) in [4.78, 5) is 43.4. The van der Waals surface area contributed by atoms with Crippen LogP contribution in [0.5, 0.6) is 5.75 Å². The summed E-state index contributed by atoms with van der Waals surface area (Å²) in [5.41, 5.74) is -3.26. The molecule has 0 saturated heterocycles. The Bertz CT molecular complexity index is 945. The highest BCUT2D eigenvalue weighted by molar-refractivity contribution is 7.14. The lowest BCUT2D eigenvalue weighted by Crippen LogP contribution is -2.41. The van der Waals surface area contributed by atoms with Gasteiger partial charge < -0.3 is 14.9 Å². The maximum absolute atomic E-state index is 11.9. The third-order valence-corrected chi connectivity index (χ3v) is 5.23. The van der Waals surface area contributed by atoms with E-state index in [1.54, 1.807) is 11.3 Å². The van der Waals surface area contributed by atoms with Crippen molar-refractivity contribution in [1.82, 2.24) is 4.90 Å². The third kappa shape index (κ3) is 6.95. The lowest BCUT2D eigenvalue weighted by atomic mass is 10.2. The van der Waals surface area contributed by atoms with Crippen LogP contribution in [0, 0.1) is 30.3 Å². The second-order valence-corrected chi connectivity index (χ2v) is 7.63. The summed E-state index contributed by atoms with van der Waals surface area (Å²) in [6.07, 6.45) is 0.554. The molecular formula is C18H22N5O8S-. The first kappa shape index (κ1) is 26.4. The number of nitro benzene ring substituents is 3. The average Bonchev–Trinajstić information content (AvgIpc) is 3.25. The Kier molecular flexibility index (Phi) is 9.62. The Balaban J connectivity index is 0.000000320. The molecule has 0 aliphatic carbocycles. The van der Waals surface area contributed by atoms with Crippen LogP contribution in [0.4, 0.5) is 22.1 Å². The van der Waals surface area contributed by atoms with Gasteiger partial charge in [0.25, 0.3) is 17.1 Å². The lowest BCUT2D eigenvalue weighted by molar-refractivity contribution is -0.420. The van der Waals surface area contributed by atoms with Crippen molar-refractivity contribution in [3.05, 3.63) is 60.0 Å². The number of carbonyl (C=O) groups excluding carboxylic acids is 1. The van der Waals surface area contributed by atoms with E-state index in [9.17, 15) is 40.2 Å². The van der Waals surface area contributed by atoms with Crippen LogP contribution in [0.2, 0.25) is 0 Å². The fraction of sp³-hybridized carbons (Fsp3) is 0.389. The Labute approximate surface area is 186 Å². The van der Waals surface area contributed by atoms with E-state index in [4.69, 9.17) is 0 Å². The van der Waals surface area contributed by atoms with Crippen molar-refractivity contribution in [3.63, 3.8) is 0 Å². The summed E-state index contributed by atoms with van der Waals surface area (Å²) in [7, 11) is 4.07. The van der Waals surface area contributed by atoms with E-state index in [1.807, 2.05) is 43.4 Å². The van der Waals surface area contributed by atoms with E-state index in [0.29, 0.717) is 24.6 Å². The molecule has 32 heavy (non-hydrogen) atoms.